The Morgan fingerprint density at radius 1 is 1.21 bits per heavy atom. The molecule has 14 heavy (non-hydrogen) atoms. The monoisotopic (exact) mass is 192 g/mol. The third kappa shape index (κ3) is 1.79. The van der Waals surface area contributed by atoms with E-state index in [0.717, 1.165) is 11.1 Å². The second-order valence-electron chi connectivity index (χ2n) is 4.23. The van der Waals surface area contributed by atoms with Gasteiger partial charge < -0.3 is 5.11 Å². The number of benzene rings is 1. The van der Waals surface area contributed by atoms with Crippen LogP contribution in [0.2, 0.25) is 0 Å². The molecule has 76 valence electrons. The Morgan fingerprint density at radius 3 is 2.21 bits per heavy atom. The summed E-state index contributed by atoms with van der Waals surface area (Å²) in [5.74, 6) is -0.791. The topological polar surface area (TPSA) is 37.3 Å². The Labute approximate surface area is 84.6 Å². The van der Waals surface area contributed by atoms with E-state index in [1.165, 1.54) is 5.56 Å². The molecular weight excluding hydrogens is 176 g/mol. The Bertz CT molecular complexity index is 365. The molecule has 0 saturated heterocycles. The summed E-state index contributed by atoms with van der Waals surface area (Å²) >= 11 is 0. The summed E-state index contributed by atoms with van der Waals surface area (Å²) in [6.07, 6.45) is 0. The largest absolute Gasteiger partial charge is 0.481 e. The summed E-state index contributed by atoms with van der Waals surface area (Å²) in [7, 11) is 0. The maximum atomic E-state index is 11.0. The summed E-state index contributed by atoms with van der Waals surface area (Å²) in [5.41, 5.74) is 2.37. The molecule has 0 atom stereocenters. The smallest absolute Gasteiger partial charge is 0.313 e. The van der Waals surface area contributed by atoms with E-state index in [0.29, 0.717) is 0 Å². The van der Waals surface area contributed by atoms with Gasteiger partial charge >= 0.3 is 5.97 Å². The normalized spacial score (nSPS) is 11.4. The van der Waals surface area contributed by atoms with Crippen molar-refractivity contribution in [2.24, 2.45) is 0 Å². The van der Waals surface area contributed by atoms with Gasteiger partial charge in [-0.1, -0.05) is 18.2 Å². The predicted octanol–water partition coefficient (Wildman–Crippen LogP) is 2.67. The summed E-state index contributed by atoms with van der Waals surface area (Å²) in [6, 6.07) is 5.80. The Balaban J connectivity index is 3.21. The molecule has 0 spiro atoms. The zero-order valence-electron chi connectivity index (χ0n) is 9.09. The molecule has 0 aliphatic rings. The van der Waals surface area contributed by atoms with Crippen LogP contribution in [0.5, 0.6) is 0 Å². The molecule has 0 fully saturated rings. The molecule has 0 aliphatic heterocycles. The van der Waals surface area contributed by atoms with E-state index in [4.69, 9.17) is 5.11 Å². The fraction of sp³-hybridized carbons (Fsp3) is 0.417. The van der Waals surface area contributed by atoms with Crippen molar-refractivity contribution >= 4 is 5.97 Å². The van der Waals surface area contributed by atoms with Gasteiger partial charge in [0.05, 0.1) is 5.41 Å². The van der Waals surface area contributed by atoms with Crippen molar-refractivity contribution in [2.45, 2.75) is 33.1 Å². The highest BCUT2D eigenvalue weighted by molar-refractivity contribution is 5.80. The minimum atomic E-state index is -0.807. The van der Waals surface area contributed by atoms with Crippen LogP contribution in [0.15, 0.2) is 18.2 Å². The van der Waals surface area contributed by atoms with Gasteiger partial charge in [-0.25, -0.2) is 0 Å². The van der Waals surface area contributed by atoms with Crippen molar-refractivity contribution < 1.29 is 9.90 Å². The number of carboxylic acids is 1. The summed E-state index contributed by atoms with van der Waals surface area (Å²) < 4.78 is 0. The molecule has 0 aliphatic carbocycles. The van der Waals surface area contributed by atoms with Gasteiger partial charge in [0.1, 0.15) is 0 Å². The predicted molar refractivity (Wildman–Crippen MR) is 56.6 cm³/mol. The van der Waals surface area contributed by atoms with E-state index >= 15 is 0 Å². The van der Waals surface area contributed by atoms with E-state index in [1.54, 1.807) is 13.8 Å². The molecule has 2 heteroatoms. The standard InChI is InChI=1S/C12H16O2/c1-8-5-6-10(7-9(8)2)12(3,4)11(13)14/h5-7H,1-4H3,(H,13,14). The first-order valence-electron chi connectivity index (χ1n) is 4.67. The third-order valence-corrected chi connectivity index (χ3v) is 2.76. The highest BCUT2D eigenvalue weighted by Crippen LogP contribution is 2.25. The maximum absolute atomic E-state index is 11.0. The first-order valence-corrected chi connectivity index (χ1v) is 4.67. The molecule has 1 aromatic carbocycles. The minimum absolute atomic E-state index is 0.791. The second-order valence-corrected chi connectivity index (χ2v) is 4.23. The van der Waals surface area contributed by atoms with Crippen LogP contribution in [0.3, 0.4) is 0 Å². The highest BCUT2D eigenvalue weighted by Gasteiger charge is 2.29. The fourth-order valence-electron chi connectivity index (χ4n) is 1.25. The van der Waals surface area contributed by atoms with Crippen LogP contribution < -0.4 is 0 Å². The van der Waals surface area contributed by atoms with Crippen LogP contribution in [-0.4, -0.2) is 11.1 Å². The van der Waals surface area contributed by atoms with Gasteiger partial charge in [-0.05, 0) is 44.4 Å². The van der Waals surface area contributed by atoms with E-state index in [1.807, 2.05) is 32.0 Å². The van der Waals surface area contributed by atoms with Crippen molar-refractivity contribution in [2.75, 3.05) is 0 Å². The third-order valence-electron chi connectivity index (χ3n) is 2.76. The zero-order valence-corrected chi connectivity index (χ0v) is 9.09. The van der Waals surface area contributed by atoms with Crippen molar-refractivity contribution in [3.05, 3.63) is 34.9 Å². The number of aliphatic carboxylic acids is 1. The van der Waals surface area contributed by atoms with Gasteiger partial charge in [0.25, 0.3) is 0 Å². The maximum Gasteiger partial charge on any atom is 0.313 e. The molecule has 2 nitrogen and oxygen atoms in total. The molecule has 0 radical (unpaired) electrons. The lowest BCUT2D eigenvalue weighted by Crippen LogP contribution is -2.28. The van der Waals surface area contributed by atoms with Crippen molar-refractivity contribution in [1.82, 2.24) is 0 Å². The molecule has 1 rings (SSSR count). The fourth-order valence-corrected chi connectivity index (χ4v) is 1.25. The Morgan fingerprint density at radius 2 is 1.79 bits per heavy atom. The first-order chi connectivity index (χ1) is 6.35. The number of hydrogen-bond donors (Lipinski definition) is 1. The van der Waals surface area contributed by atoms with E-state index < -0.39 is 11.4 Å². The highest BCUT2D eigenvalue weighted by atomic mass is 16.4. The van der Waals surface area contributed by atoms with E-state index in [2.05, 4.69) is 0 Å². The lowest BCUT2D eigenvalue weighted by Gasteiger charge is -2.20. The Kier molecular flexibility index (Phi) is 2.65. The molecule has 0 bridgehead atoms. The number of aryl methyl sites for hydroxylation is 2. The Hall–Kier alpha value is -1.31. The van der Waals surface area contributed by atoms with Crippen molar-refractivity contribution in [3.63, 3.8) is 0 Å². The van der Waals surface area contributed by atoms with Gasteiger partial charge in [-0.3, -0.25) is 4.79 Å². The summed E-state index contributed by atoms with van der Waals surface area (Å²) in [6.45, 7) is 7.46. The van der Waals surface area contributed by atoms with E-state index in [9.17, 15) is 4.79 Å². The van der Waals surface area contributed by atoms with Crippen LogP contribution in [0.1, 0.15) is 30.5 Å². The molecule has 0 heterocycles. The number of carbonyl (C=O) groups is 1. The summed E-state index contributed by atoms with van der Waals surface area (Å²) in [4.78, 5) is 11.0. The average Bonchev–Trinajstić information content (AvgIpc) is 2.09. The van der Waals surface area contributed by atoms with Crippen molar-refractivity contribution in [3.8, 4) is 0 Å². The van der Waals surface area contributed by atoms with Crippen LogP contribution in [-0.2, 0) is 10.2 Å². The quantitative estimate of drug-likeness (QED) is 0.782. The average molecular weight is 192 g/mol. The van der Waals surface area contributed by atoms with Crippen LogP contribution >= 0.6 is 0 Å². The lowest BCUT2D eigenvalue weighted by molar-refractivity contribution is -0.142. The lowest BCUT2D eigenvalue weighted by atomic mass is 9.83. The van der Waals surface area contributed by atoms with Gasteiger partial charge in [0, 0.05) is 0 Å². The molecular formula is C12H16O2. The van der Waals surface area contributed by atoms with Crippen LogP contribution in [0.4, 0.5) is 0 Å². The molecule has 0 aromatic heterocycles. The molecule has 0 unspecified atom stereocenters. The van der Waals surface area contributed by atoms with Crippen LogP contribution in [0, 0.1) is 13.8 Å². The van der Waals surface area contributed by atoms with Crippen LogP contribution in [0.25, 0.3) is 0 Å². The van der Waals surface area contributed by atoms with Crippen molar-refractivity contribution in [1.29, 1.82) is 0 Å². The molecule has 1 aromatic rings. The molecule has 0 saturated carbocycles. The summed E-state index contributed by atoms with van der Waals surface area (Å²) in [5, 5.41) is 9.05. The van der Waals surface area contributed by atoms with Gasteiger partial charge in [0.15, 0.2) is 0 Å². The van der Waals surface area contributed by atoms with Gasteiger partial charge in [-0.2, -0.15) is 0 Å². The second kappa shape index (κ2) is 3.45. The number of rotatable bonds is 2. The number of carboxylic acid groups (broad SMARTS) is 1. The zero-order chi connectivity index (χ0) is 10.9. The molecule has 1 N–H and O–H groups in total. The number of hydrogen-bond acceptors (Lipinski definition) is 1. The van der Waals surface area contributed by atoms with Gasteiger partial charge in [0.2, 0.25) is 0 Å². The molecule has 0 amide bonds. The van der Waals surface area contributed by atoms with Gasteiger partial charge in [-0.15, -0.1) is 0 Å². The SMILES string of the molecule is Cc1ccc(C(C)(C)C(=O)O)cc1C. The van der Waals surface area contributed by atoms with E-state index in [-0.39, 0.29) is 0 Å². The minimum Gasteiger partial charge on any atom is -0.481 e. The first kappa shape index (κ1) is 10.8.